The highest BCUT2D eigenvalue weighted by atomic mass is 16.5. The van der Waals surface area contributed by atoms with E-state index in [1.54, 1.807) is 7.11 Å². The summed E-state index contributed by atoms with van der Waals surface area (Å²) in [5.41, 5.74) is 0.700. The van der Waals surface area contributed by atoms with E-state index in [2.05, 4.69) is 10.6 Å². The number of ether oxygens (including phenoxy) is 3. The molecule has 0 radical (unpaired) electrons. The van der Waals surface area contributed by atoms with Gasteiger partial charge in [-0.25, -0.2) is 4.79 Å². The molecule has 1 aromatic carbocycles. The summed E-state index contributed by atoms with van der Waals surface area (Å²) in [6.45, 7) is 3.93. The highest BCUT2D eigenvalue weighted by molar-refractivity contribution is 5.89. The molecule has 2 atom stereocenters. The van der Waals surface area contributed by atoms with E-state index in [-0.39, 0.29) is 18.2 Å². The van der Waals surface area contributed by atoms with Gasteiger partial charge in [-0.1, -0.05) is 6.07 Å². The Morgan fingerprint density at radius 3 is 3.09 bits per heavy atom. The van der Waals surface area contributed by atoms with Gasteiger partial charge >= 0.3 is 6.03 Å². The van der Waals surface area contributed by atoms with Crippen LogP contribution in [-0.4, -0.2) is 45.1 Å². The molecule has 2 unspecified atom stereocenters. The van der Waals surface area contributed by atoms with Crippen LogP contribution in [0.1, 0.15) is 26.2 Å². The molecule has 6 heteroatoms. The molecular weight excluding hydrogens is 296 g/mol. The maximum atomic E-state index is 11.9. The van der Waals surface area contributed by atoms with Gasteiger partial charge in [-0.15, -0.1) is 0 Å². The number of nitrogens with one attached hydrogen (secondary N) is 2. The number of hydrogen-bond donors (Lipinski definition) is 2. The molecule has 1 heterocycles. The van der Waals surface area contributed by atoms with Crippen molar-refractivity contribution in [1.29, 1.82) is 0 Å². The second-order valence-electron chi connectivity index (χ2n) is 5.75. The van der Waals surface area contributed by atoms with Crippen molar-refractivity contribution in [2.24, 2.45) is 0 Å². The van der Waals surface area contributed by atoms with E-state index in [1.807, 2.05) is 31.2 Å². The molecule has 2 rings (SSSR count). The molecule has 0 aromatic heterocycles. The quantitative estimate of drug-likeness (QED) is 0.772. The van der Waals surface area contributed by atoms with Crippen LogP contribution in [0.4, 0.5) is 10.5 Å². The molecule has 0 aliphatic carbocycles. The smallest absolute Gasteiger partial charge is 0.319 e. The molecule has 0 bridgehead atoms. The van der Waals surface area contributed by atoms with Gasteiger partial charge in [0.15, 0.2) is 0 Å². The first-order valence-corrected chi connectivity index (χ1v) is 8.08. The normalized spacial score (nSPS) is 18.4. The Labute approximate surface area is 137 Å². The van der Waals surface area contributed by atoms with Gasteiger partial charge in [0.1, 0.15) is 12.4 Å². The Morgan fingerprint density at radius 2 is 2.35 bits per heavy atom. The third-order valence-corrected chi connectivity index (χ3v) is 3.68. The lowest BCUT2D eigenvalue weighted by molar-refractivity contribution is 0.0680. The van der Waals surface area contributed by atoms with Crippen molar-refractivity contribution < 1.29 is 19.0 Å². The molecule has 1 aliphatic heterocycles. The summed E-state index contributed by atoms with van der Waals surface area (Å²) in [6.07, 6.45) is 3.09. The maximum Gasteiger partial charge on any atom is 0.319 e. The molecule has 2 amide bonds. The number of rotatable bonds is 8. The van der Waals surface area contributed by atoms with Gasteiger partial charge in [-0.3, -0.25) is 0 Å². The molecule has 2 N–H and O–H groups in total. The number of benzene rings is 1. The highest BCUT2D eigenvalue weighted by Gasteiger charge is 2.16. The van der Waals surface area contributed by atoms with E-state index in [0.29, 0.717) is 18.9 Å². The molecule has 23 heavy (non-hydrogen) atoms. The third-order valence-electron chi connectivity index (χ3n) is 3.68. The lowest BCUT2D eigenvalue weighted by Crippen LogP contribution is -2.36. The zero-order chi connectivity index (χ0) is 16.5. The summed E-state index contributed by atoms with van der Waals surface area (Å²) in [5, 5.41) is 5.68. The largest absolute Gasteiger partial charge is 0.491 e. The Kier molecular flexibility index (Phi) is 7.16. The molecule has 6 nitrogen and oxygen atoms in total. The van der Waals surface area contributed by atoms with E-state index in [4.69, 9.17) is 14.2 Å². The summed E-state index contributed by atoms with van der Waals surface area (Å²) < 4.78 is 16.3. The number of carbonyl (C=O) groups is 1. The summed E-state index contributed by atoms with van der Waals surface area (Å²) >= 11 is 0. The minimum atomic E-state index is -0.232. The van der Waals surface area contributed by atoms with E-state index in [0.717, 1.165) is 31.6 Å². The van der Waals surface area contributed by atoms with Crippen molar-refractivity contribution in [3.63, 3.8) is 0 Å². The Balaban J connectivity index is 1.78. The van der Waals surface area contributed by atoms with Crippen LogP contribution in [0.5, 0.6) is 5.75 Å². The summed E-state index contributed by atoms with van der Waals surface area (Å²) in [4.78, 5) is 11.9. The van der Waals surface area contributed by atoms with Crippen LogP contribution in [0, 0.1) is 0 Å². The van der Waals surface area contributed by atoms with Gasteiger partial charge in [0.2, 0.25) is 0 Å². The van der Waals surface area contributed by atoms with Gasteiger partial charge in [0.25, 0.3) is 0 Å². The average molecular weight is 322 g/mol. The highest BCUT2D eigenvalue weighted by Crippen LogP contribution is 2.19. The Hall–Kier alpha value is -1.79. The zero-order valence-corrected chi connectivity index (χ0v) is 13.8. The molecule has 1 fully saturated rings. The van der Waals surface area contributed by atoms with Crippen LogP contribution in [0.3, 0.4) is 0 Å². The lowest BCUT2D eigenvalue weighted by Gasteiger charge is -2.15. The molecule has 1 aromatic rings. The Morgan fingerprint density at radius 1 is 1.48 bits per heavy atom. The number of methoxy groups -OCH3 is 1. The monoisotopic (exact) mass is 322 g/mol. The van der Waals surface area contributed by atoms with Gasteiger partial charge in [-0.05, 0) is 38.3 Å². The topological polar surface area (TPSA) is 68.8 Å². The number of hydrogen-bond acceptors (Lipinski definition) is 4. The summed E-state index contributed by atoms with van der Waals surface area (Å²) in [7, 11) is 1.65. The van der Waals surface area contributed by atoms with Crippen molar-refractivity contribution in [3.8, 4) is 5.75 Å². The van der Waals surface area contributed by atoms with E-state index >= 15 is 0 Å². The van der Waals surface area contributed by atoms with Crippen molar-refractivity contribution >= 4 is 11.7 Å². The molecule has 0 saturated carbocycles. The molecule has 0 spiro atoms. The van der Waals surface area contributed by atoms with Crippen molar-refractivity contribution in [2.45, 2.75) is 38.3 Å². The second-order valence-corrected chi connectivity index (χ2v) is 5.75. The fourth-order valence-electron chi connectivity index (χ4n) is 2.39. The minimum absolute atomic E-state index is 0.0499. The number of carbonyl (C=O) groups excluding carboxylic acids is 1. The second kappa shape index (κ2) is 9.37. The number of urea groups is 1. The zero-order valence-electron chi connectivity index (χ0n) is 13.8. The molecular formula is C17H26N2O4. The predicted molar refractivity (Wildman–Crippen MR) is 89.0 cm³/mol. The first kappa shape index (κ1) is 17.6. The number of amides is 2. The van der Waals surface area contributed by atoms with Crippen molar-refractivity contribution in [2.75, 3.05) is 32.2 Å². The fourth-order valence-corrected chi connectivity index (χ4v) is 2.39. The van der Waals surface area contributed by atoms with Crippen LogP contribution >= 0.6 is 0 Å². The molecule has 1 aliphatic rings. The van der Waals surface area contributed by atoms with Crippen LogP contribution in [0.15, 0.2) is 24.3 Å². The summed E-state index contributed by atoms with van der Waals surface area (Å²) in [5.74, 6) is 0.728. The molecule has 1 saturated heterocycles. The fraction of sp³-hybridized carbons (Fsp3) is 0.588. The Bertz CT molecular complexity index is 489. The first-order valence-electron chi connectivity index (χ1n) is 8.08. The van der Waals surface area contributed by atoms with Crippen LogP contribution in [0.25, 0.3) is 0 Å². The standard InChI is InChI=1S/C17H26N2O4/c1-13(8-10-21-2)18-17(20)19-14-5-3-6-15(11-14)23-12-16-7-4-9-22-16/h3,5-6,11,13,16H,4,7-10,12H2,1-2H3,(H2,18,19,20). The van der Waals surface area contributed by atoms with Gasteiger partial charge in [0.05, 0.1) is 6.10 Å². The van der Waals surface area contributed by atoms with Crippen molar-refractivity contribution in [3.05, 3.63) is 24.3 Å². The van der Waals surface area contributed by atoms with Gasteiger partial charge < -0.3 is 24.8 Å². The van der Waals surface area contributed by atoms with Crippen LogP contribution in [0.2, 0.25) is 0 Å². The average Bonchev–Trinajstić information content (AvgIpc) is 3.04. The van der Waals surface area contributed by atoms with Crippen molar-refractivity contribution in [1.82, 2.24) is 5.32 Å². The van der Waals surface area contributed by atoms with E-state index in [9.17, 15) is 4.79 Å². The number of anilines is 1. The van der Waals surface area contributed by atoms with Crippen LogP contribution < -0.4 is 15.4 Å². The van der Waals surface area contributed by atoms with Gasteiger partial charge in [0, 0.05) is 38.1 Å². The minimum Gasteiger partial charge on any atom is -0.491 e. The SMILES string of the molecule is COCCC(C)NC(=O)Nc1cccc(OCC2CCCO2)c1. The first-order chi connectivity index (χ1) is 11.2. The summed E-state index contributed by atoms with van der Waals surface area (Å²) in [6, 6.07) is 7.19. The molecule has 128 valence electrons. The lowest BCUT2D eigenvalue weighted by atomic mass is 10.2. The predicted octanol–water partition coefficient (Wildman–Crippen LogP) is 2.79. The van der Waals surface area contributed by atoms with E-state index in [1.165, 1.54) is 0 Å². The van der Waals surface area contributed by atoms with E-state index < -0.39 is 0 Å². The maximum absolute atomic E-state index is 11.9. The van der Waals surface area contributed by atoms with Crippen LogP contribution in [-0.2, 0) is 9.47 Å². The van der Waals surface area contributed by atoms with Gasteiger partial charge in [-0.2, -0.15) is 0 Å². The third kappa shape index (κ3) is 6.46.